The van der Waals surface area contributed by atoms with Crippen molar-refractivity contribution in [3.05, 3.63) is 27.0 Å². The fourth-order valence-corrected chi connectivity index (χ4v) is 3.74. The lowest BCUT2D eigenvalue weighted by Gasteiger charge is -2.05. The summed E-state index contributed by atoms with van der Waals surface area (Å²) < 4.78 is 1.04. The fourth-order valence-electron chi connectivity index (χ4n) is 1.42. The Morgan fingerprint density at radius 3 is 2.95 bits per heavy atom. The molecule has 1 atom stereocenters. The predicted octanol–water partition coefficient (Wildman–Crippen LogP) is 2.67. The number of nitrogens with zero attached hydrogens (tertiary/aromatic N) is 1. The highest BCUT2D eigenvalue weighted by Gasteiger charge is 2.10. The number of aromatic nitrogens is 1. The van der Waals surface area contributed by atoms with Gasteiger partial charge in [0.1, 0.15) is 5.01 Å². The normalized spacial score (nSPS) is 12.4. The Bertz CT molecular complexity index is 566. The Balaban J connectivity index is 1.96. The number of amides is 1. The van der Waals surface area contributed by atoms with E-state index >= 15 is 0 Å². The van der Waals surface area contributed by atoms with Crippen LogP contribution in [0.2, 0.25) is 0 Å². The van der Waals surface area contributed by atoms with Crippen LogP contribution in [0.25, 0.3) is 9.88 Å². The van der Waals surface area contributed by atoms with Crippen LogP contribution in [0.5, 0.6) is 0 Å². The van der Waals surface area contributed by atoms with Crippen LogP contribution in [-0.4, -0.2) is 28.6 Å². The van der Waals surface area contributed by atoms with Crippen LogP contribution >= 0.6 is 38.6 Å². The second-order valence-electron chi connectivity index (χ2n) is 4.10. The van der Waals surface area contributed by atoms with Gasteiger partial charge in [-0.25, -0.2) is 4.98 Å². The number of carbonyl (C=O) groups excluding carboxylic acids is 1. The smallest absolute Gasteiger partial charge is 0.226 e. The second-order valence-corrected chi connectivity index (χ2v) is 6.79. The average Bonchev–Trinajstić information content (AvgIpc) is 2.95. The first-order valence-electron chi connectivity index (χ1n) is 5.68. The van der Waals surface area contributed by atoms with Crippen molar-refractivity contribution in [2.75, 3.05) is 6.54 Å². The standard InChI is InChI=1S/C12H13BrN2O2S2/c1-7(16)4-14-11(17)3-9-6-19-12(15-9)10-2-8(13)5-18-10/h2,5-7,16H,3-4H2,1H3,(H,14,17)/t7-/m0/s1. The number of hydrogen-bond donors (Lipinski definition) is 2. The number of thiazole rings is 1. The summed E-state index contributed by atoms with van der Waals surface area (Å²) in [5.74, 6) is -0.120. The summed E-state index contributed by atoms with van der Waals surface area (Å²) in [4.78, 5) is 17.1. The highest BCUT2D eigenvalue weighted by molar-refractivity contribution is 9.10. The maximum atomic E-state index is 11.6. The maximum absolute atomic E-state index is 11.6. The summed E-state index contributed by atoms with van der Waals surface area (Å²) in [7, 11) is 0. The molecule has 7 heteroatoms. The summed E-state index contributed by atoms with van der Waals surface area (Å²) in [5.41, 5.74) is 0.757. The molecule has 0 aromatic carbocycles. The third-order valence-corrected chi connectivity index (χ3v) is 5.02. The number of rotatable bonds is 5. The lowest BCUT2D eigenvalue weighted by atomic mass is 10.3. The van der Waals surface area contributed by atoms with Crippen LogP contribution in [-0.2, 0) is 11.2 Å². The van der Waals surface area contributed by atoms with Gasteiger partial charge in [-0.2, -0.15) is 0 Å². The molecule has 2 N–H and O–H groups in total. The molecule has 0 radical (unpaired) electrons. The predicted molar refractivity (Wildman–Crippen MR) is 81.5 cm³/mol. The third kappa shape index (κ3) is 4.38. The van der Waals surface area contributed by atoms with E-state index in [0.29, 0.717) is 0 Å². The molecule has 0 unspecified atom stereocenters. The Labute approximate surface area is 127 Å². The van der Waals surface area contributed by atoms with Crippen LogP contribution in [0.15, 0.2) is 21.3 Å². The van der Waals surface area contributed by atoms with Gasteiger partial charge in [-0.15, -0.1) is 22.7 Å². The number of carbonyl (C=O) groups is 1. The molecule has 0 aliphatic carbocycles. The van der Waals surface area contributed by atoms with Crippen molar-refractivity contribution in [2.45, 2.75) is 19.4 Å². The molecule has 0 aliphatic rings. The molecule has 2 aromatic heterocycles. The number of hydrogen-bond acceptors (Lipinski definition) is 5. The van der Waals surface area contributed by atoms with Gasteiger partial charge in [0.2, 0.25) is 5.91 Å². The molecule has 102 valence electrons. The van der Waals surface area contributed by atoms with Gasteiger partial charge in [0.25, 0.3) is 0 Å². The van der Waals surface area contributed by atoms with Crippen molar-refractivity contribution in [3.63, 3.8) is 0 Å². The largest absolute Gasteiger partial charge is 0.392 e. The summed E-state index contributed by atoms with van der Waals surface area (Å²) in [5, 5.41) is 16.6. The molecular weight excluding hydrogens is 348 g/mol. The first kappa shape index (κ1) is 14.6. The minimum absolute atomic E-state index is 0.120. The molecule has 0 fully saturated rings. The van der Waals surface area contributed by atoms with Gasteiger partial charge in [-0.3, -0.25) is 4.79 Å². The summed E-state index contributed by atoms with van der Waals surface area (Å²) in [6, 6.07) is 2.01. The number of aliphatic hydroxyl groups excluding tert-OH is 1. The zero-order valence-corrected chi connectivity index (χ0v) is 13.4. The van der Waals surface area contributed by atoms with Gasteiger partial charge in [0, 0.05) is 21.8 Å². The van der Waals surface area contributed by atoms with E-state index in [-0.39, 0.29) is 18.9 Å². The Morgan fingerprint density at radius 2 is 2.32 bits per heavy atom. The van der Waals surface area contributed by atoms with Gasteiger partial charge < -0.3 is 10.4 Å². The van der Waals surface area contributed by atoms with E-state index in [4.69, 9.17) is 5.11 Å². The van der Waals surface area contributed by atoms with E-state index in [1.165, 1.54) is 11.3 Å². The highest BCUT2D eigenvalue weighted by atomic mass is 79.9. The van der Waals surface area contributed by atoms with Crippen LogP contribution in [0.4, 0.5) is 0 Å². The van der Waals surface area contributed by atoms with Crippen LogP contribution in [0.3, 0.4) is 0 Å². The highest BCUT2D eigenvalue weighted by Crippen LogP contribution is 2.31. The number of aliphatic hydroxyl groups is 1. The molecule has 0 aliphatic heterocycles. The summed E-state index contributed by atoms with van der Waals surface area (Å²) in [6.07, 6.45) is -0.283. The SMILES string of the molecule is C[C@H](O)CNC(=O)Cc1csc(-c2cc(Br)cs2)n1. The average molecular weight is 361 g/mol. The minimum atomic E-state index is -0.529. The molecule has 2 heterocycles. The van der Waals surface area contributed by atoms with E-state index < -0.39 is 6.10 Å². The van der Waals surface area contributed by atoms with E-state index in [1.54, 1.807) is 18.3 Å². The topological polar surface area (TPSA) is 62.2 Å². The molecule has 2 rings (SSSR count). The fraction of sp³-hybridized carbons (Fsp3) is 0.333. The van der Waals surface area contributed by atoms with Crippen molar-refractivity contribution < 1.29 is 9.90 Å². The van der Waals surface area contributed by atoms with Crippen molar-refractivity contribution in [2.24, 2.45) is 0 Å². The third-order valence-electron chi connectivity index (χ3n) is 2.27. The summed E-state index contributed by atoms with van der Waals surface area (Å²) in [6.45, 7) is 1.91. The molecule has 2 aromatic rings. The van der Waals surface area contributed by atoms with Crippen molar-refractivity contribution >= 4 is 44.5 Å². The van der Waals surface area contributed by atoms with E-state index in [2.05, 4.69) is 26.2 Å². The van der Waals surface area contributed by atoms with E-state index in [1.807, 2.05) is 16.8 Å². The van der Waals surface area contributed by atoms with Gasteiger partial charge in [-0.1, -0.05) is 0 Å². The van der Waals surface area contributed by atoms with Crippen molar-refractivity contribution in [1.82, 2.24) is 10.3 Å². The van der Waals surface area contributed by atoms with Gasteiger partial charge in [-0.05, 0) is 28.9 Å². The zero-order chi connectivity index (χ0) is 13.8. The molecule has 4 nitrogen and oxygen atoms in total. The number of thiophene rings is 1. The van der Waals surface area contributed by atoms with Crippen molar-refractivity contribution in [1.29, 1.82) is 0 Å². The first-order chi connectivity index (χ1) is 9.04. The van der Waals surface area contributed by atoms with E-state index in [0.717, 1.165) is 20.1 Å². The second kappa shape index (κ2) is 6.60. The molecule has 0 bridgehead atoms. The molecule has 0 spiro atoms. The Hall–Kier alpha value is -0.760. The molecule has 0 saturated heterocycles. The van der Waals surface area contributed by atoms with Crippen LogP contribution in [0, 0.1) is 0 Å². The number of nitrogens with one attached hydrogen (secondary N) is 1. The molecule has 0 saturated carbocycles. The maximum Gasteiger partial charge on any atom is 0.226 e. The Kier molecular flexibility index (Phi) is 5.09. The van der Waals surface area contributed by atoms with Crippen LogP contribution in [0.1, 0.15) is 12.6 Å². The molecule has 19 heavy (non-hydrogen) atoms. The Morgan fingerprint density at radius 1 is 1.53 bits per heavy atom. The minimum Gasteiger partial charge on any atom is -0.392 e. The quantitative estimate of drug-likeness (QED) is 0.861. The lowest BCUT2D eigenvalue weighted by molar-refractivity contribution is -0.120. The van der Waals surface area contributed by atoms with Crippen LogP contribution < -0.4 is 5.32 Å². The van der Waals surface area contributed by atoms with E-state index in [9.17, 15) is 4.79 Å². The van der Waals surface area contributed by atoms with Gasteiger partial charge in [0.05, 0.1) is 23.1 Å². The first-order valence-corrected chi connectivity index (χ1v) is 8.23. The number of halogens is 1. The lowest BCUT2D eigenvalue weighted by Crippen LogP contribution is -2.31. The van der Waals surface area contributed by atoms with Gasteiger partial charge in [0.15, 0.2) is 0 Å². The van der Waals surface area contributed by atoms with Gasteiger partial charge >= 0.3 is 0 Å². The van der Waals surface area contributed by atoms with Crippen molar-refractivity contribution in [3.8, 4) is 9.88 Å². The molecule has 1 amide bonds. The molecular formula is C12H13BrN2O2S2. The monoisotopic (exact) mass is 360 g/mol. The zero-order valence-electron chi connectivity index (χ0n) is 10.2. The summed E-state index contributed by atoms with van der Waals surface area (Å²) >= 11 is 6.56.